The number of aromatic nitrogens is 1. The van der Waals surface area contributed by atoms with Crippen molar-refractivity contribution in [3.05, 3.63) is 164 Å². The topological polar surface area (TPSA) is 31.4 Å². The molecule has 5 nitrogen and oxygen atoms in total. The highest BCUT2D eigenvalue weighted by Gasteiger charge is 2.20. The Hall–Kier alpha value is -6.03. The van der Waals surface area contributed by atoms with Crippen LogP contribution in [0.3, 0.4) is 0 Å². The largest absolute Gasteiger partial charge is 0.495 e. The molecule has 0 unspecified atom stereocenters. The van der Waals surface area contributed by atoms with Gasteiger partial charge in [-0.1, -0.05) is 75.9 Å². The minimum atomic E-state index is 0.793. The summed E-state index contributed by atoms with van der Waals surface area (Å²) in [6.45, 7) is 0. The fraction of sp³-hybridized carbons (Fsp3) is 0.0256. The van der Waals surface area contributed by atoms with Crippen LogP contribution in [0.5, 0.6) is 11.5 Å². The zero-order chi connectivity index (χ0) is 29.7. The van der Waals surface area contributed by atoms with Gasteiger partial charge >= 0.3 is 6.01 Å². The van der Waals surface area contributed by atoms with Gasteiger partial charge in [-0.3, -0.25) is 4.98 Å². The van der Waals surface area contributed by atoms with Crippen LogP contribution in [0.15, 0.2) is 164 Å². The van der Waals surface area contributed by atoms with Gasteiger partial charge in [0.2, 0.25) is 11.9 Å². The van der Waals surface area contributed by atoms with E-state index in [2.05, 4.69) is 102 Å². The lowest BCUT2D eigenvalue weighted by molar-refractivity contribution is -0.429. The van der Waals surface area contributed by atoms with E-state index < -0.39 is 0 Å². The van der Waals surface area contributed by atoms with Crippen molar-refractivity contribution >= 4 is 28.8 Å². The average molecular weight is 571 g/mol. The third-order valence-electron chi connectivity index (χ3n) is 7.39. The zero-order valence-corrected chi connectivity index (χ0v) is 24.3. The number of anilines is 3. The average Bonchev–Trinajstić information content (AvgIpc) is 3.53. The van der Waals surface area contributed by atoms with Crippen molar-refractivity contribution in [1.29, 1.82) is 0 Å². The molecule has 0 radical (unpaired) electrons. The first kappa shape index (κ1) is 26.8. The summed E-state index contributed by atoms with van der Waals surface area (Å²) in [4.78, 5) is 7.04. The second-order valence-corrected chi connectivity index (χ2v) is 10.5. The SMILES string of the molecule is C[N+]1=C=[N+](c2cccc(N(c3ccccc3)c3cccc(-c4cc(-c5cccc(Oc6ccccc6)c5)ccn4)c3)c2)C=C1. The Kier molecular flexibility index (Phi) is 7.36. The first-order valence-corrected chi connectivity index (χ1v) is 14.5. The normalized spacial score (nSPS) is 12.0. The standard InChI is InChI=1S/C39H30N4O/c1-41-23-24-42(29-41)34-15-10-17-36(28-34)43(33-13-4-2-5-14-33)35-16-8-12-32(25-35)39-27-31(21-22-40-39)30-11-9-20-38(26-30)44-37-18-6-3-7-19-37/h2-28H,1H3/q+2. The van der Waals surface area contributed by atoms with Gasteiger partial charge in [-0.25, -0.2) is 0 Å². The number of para-hydroxylation sites is 2. The smallest absolute Gasteiger partial charge is 0.457 e. The minimum absolute atomic E-state index is 0.793. The molecule has 1 aliphatic heterocycles. The van der Waals surface area contributed by atoms with Gasteiger partial charge in [0.1, 0.15) is 11.5 Å². The van der Waals surface area contributed by atoms with Gasteiger partial charge in [0, 0.05) is 35.3 Å². The van der Waals surface area contributed by atoms with Crippen LogP contribution in [-0.4, -0.2) is 27.2 Å². The van der Waals surface area contributed by atoms with Crippen LogP contribution < -0.4 is 9.64 Å². The van der Waals surface area contributed by atoms with E-state index in [1.165, 1.54) is 0 Å². The van der Waals surface area contributed by atoms with Crippen molar-refractivity contribution in [3.8, 4) is 33.9 Å². The molecular weight excluding hydrogens is 540 g/mol. The molecule has 1 aromatic heterocycles. The van der Waals surface area contributed by atoms with E-state index in [9.17, 15) is 0 Å². The number of hydrogen-bond donors (Lipinski definition) is 0. The lowest BCUT2D eigenvalue weighted by Crippen LogP contribution is -2.10. The summed E-state index contributed by atoms with van der Waals surface area (Å²) < 4.78 is 10.0. The van der Waals surface area contributed by atoms with Crippen LogP contribution in [0, 0.1) is 0 Å². The molecule has 44 heavy (non-hydrogen) atoms. The van der Waals surface area contributed by atoms with E-state index in [1.54, 1.807) is 0 Å². The fourth-order valence-corrected chi connectivity index (χ4v) is 5.29. The van der Waals surface area contributed by atoms with Crippen LogP contribution in [-0.2, 0) is 0 Å². The van der Waals surface area contributed by atoms with E-state index >= 15 is 0 Å². The van der Waals surface area contributed by atoms with E-state index in [4.69, 9.17) is 9.72 Å². The first-order valence-electron chi connectivity index (χ1n) is 14.5. The molecule has 0 N–H and O–H groups in total. The summed E-state index contributed by atoms with van der Waals surface area (Å²) in [5.41, 5.74) is 8.26. The van der Waals surface area contributed by atoms with Crippen LogP contribution >= 0.6 is 0 Å². The first-order chi connectivity index (χ1) is 21.7. The molecule has 0 saturated carbocycles. The fourth-order valence-electron chi connectivity index (χ4n) is 5.29. The molecule has 0 bridgehead atoms. The molecule has 5 aromatic carbocycles. The van der Waals surface area contributed by atoms with Crippen molar-refractivity contribution in [2.45, 2.75) is 0 Å². The molecule has 0 fully saturated rings. The van der Waals surface area contributed by atoms with E-state index in [0.29, 0.717) is 0 Å². The maximum Gasteiger partial charge on any atom is 0.495 e. The predicted molar refractivity (Wildman–Crippen MR) is 177 cm³/mol. The number of ether oxygens (including phenoxy) is 1. The number of pyridine rings is 1. The molecule has 210 valence electrons. The predicted octanol–water partition coefficient (Wildman–Crippen LogP) is 9.62. The van der Waals surface area contributed by atoms with Gasteiger partial charge in [0.15, 0.2) is 7.05 Å². The van der Waals surface area contributed by atoms with Crippen molar-refractivity contribution in [2.75, 3.05) is 11.9 Å². The Morgan fingerprint density at radius 3 is 2.02 bits per heavy atom. The summed E-state index contributed by atoms with van der Waals surface area (Å²) in [5, 5.41) is 0. The molecule has 0 spiro atoms. The Bertz CT molecular complexity index is 2040. The Balaban J connectivity index is 1.24. The van der Waals surface area contributed by atoms with Crippen LogP contribution in [0.2, 0.25) is 0 Å². The van der Waals surface area contributed by atoms with Crippen LogP contribution in [0.25, 0.3) is 22.4 Å². The number of hydrogen-bond acceptors (Lipinski definition) is 3. The summed E-state index contributed by atoms with van der Waals surface area (Å²) in [7, 11) is 1.97. The highest BCUT2D eigenvalue weighted by atomic mass is 16.5. The van der Waals surface area contributed by atoms with Gasteiger partial charge in [0.05, 0.1) is 11.4 Å². The van der Waals surface area contributed by atoms with Gasteiger partial charge < -0.3 is 9.64 Å². The highest BCUT2D eigenvalue weighted by Crippen LogP contribution is 2.38. The van der Waals surface area contributed by atoms with E-state index in [0.717, 1.165) is 56.6 Å². The van der Waals surface area contributed by atoms with Gasteiger partial charge in [-0.05, 0) is 77.9 Å². The molecule has 0 saturated heterocycles. The number of nitrogens with zero attached hydrogens (tertiary/aromatic N) is 4. The van der Waals surface area contributed by atoms with Gasteiger partial charge in [0.25, 0.3) is 6.20 Å². The molecule has 5 heteroatoms. The van der Waals surface area contributed by atoms with E-state index in [1.807, 2.05) is 89.4 Å². The highest BCUT2D eigenvalue weighted by molar-refractivity contribution is 5.81. The van der Waals surface area contributed by atoms with Crippen molar-refractivity contribution in [3.63, 3.8) is 0 Å². The number of rotatable bonds is 8. The molecule has 6 aromatic rings. The zero-order valence-electron chi connectivity index (χ0n) is 24.3. The third-order valence-corrected chi connectivity index (χ3v) is 7.39. The monoisotopic (exact) mass is 570 g/mol. The summed E-state index contributed by atoms with van der Waals surface area (Å²) in [5.74, 6) is 1.60. The molecule has 0 amide bonds. The Morgan fingerprint density at radius 2 is 1.23 bits per heavy atom. The van der Waals surface area contributed by atoms with E-state index in [-0.39, 0.29) is 0 Å². The second-order valence-electron chi connectivity index (χ2n) is 10.5. The Labute approximate surface area is 257 Å². The van der Waals surface area contributed by atoms with Crippen LogP contribution in [0.1, 0.15) is 0 Å². The van der Waals surface area contributed by atoms with Gasteiger partial charge in [-0.15, -0.1) is 0 Å². The summed E-state index contributed by atoms with van der Waals surface area (Å²) in [6, 6.07) is 52.9. The molecule has 0 aliphatic carbocycles. The maximum absolute atomic E-state index is 6.09. The second kappa shape index (κ2) is 12.1. The quantitative estimate of drug-likeness (QED) is 0.171. The van der Waals surface area contributed by atoms with Crippen LogP contribution in [0.4, 0.5) is 22.7 Å². The third kappa shape index (κ3) is 5.82. The van der Waals surface area contributed by atoms with Crippen molar-refractivity contribution in [2.24, 2.45) is 0 Å². The van der Waals surface area contributed by atoms with Crippen molar-refractivity contribution in [1.82, 2.24) is 4.98 Å². The minimum Gasteiger partial charge on any atom is -0.457 e. The molecule has 1 aliphatic rings. The molecule has 2 heterocycles. The molecular formula is C39H30N4O+2. The lowest BCUT2D eigenvalue weighted by Gasteiger charge is -2.25. The summed E-state index contributed by atoms with van der Waals surface area (Å²) in [6.07, 6.45) is 5.86. The summed E-state index contributed by atoms with van der Waals surface area (Å²) >= 11 is 0. The number of benzene rings is 5. The lowest BCUT2D eigenvalue weighted by atomic mass is 10.0. The maximum atomic E-state index is 6.09. The van der Waals surface area contributed by atoms with Crippen molar-refractivity contribution < 1.29 is 13.9 Å². The van der Waals surface area contributed by atoms with Gasteiger partial charge in [-0.2, -0.15) is 0 Å². The molecule has 7 rings (SSSR count). The molecule has 0 atom stereocenters. The Morgan fingerprint density at radius 1 is 0.568 bits per heavy atom.